The normalized spacial score (nSPS) is 19.2. The van der Waals surface area contributed by atoms with Crippen LogP contribution in [0.5, 0.6) is 0 Å². The van der Waals surface area contributed by atoms with Crippen LogP contribution >= 0.6 is 23.2 Å². The van der Waals surface area contributed by atoms with Gasteiger partial charge in [-0.15, -0.1) is 0 Å². The maximum atomic E-state index is 13.2. The highest BCUT2D eigenvalue weighted by atomic mass is 35.5. The van der Waals surface area contributed by atoms with Crippen molar-refractivity contribution in [1.82, 2.24) is 0 Å². The minimum Gasteiger partial charge on any atom is -0.298 e. The summed E-state index contributed by atoms with van der Waals surface area (Å²) in [4.78, 5) is 39.1. The van der Waals surface area contributed by atoms with E-state index in [2.05, 4.69) is 0 Å². The third-order valence-electron chi connectivity index (χ3n) is 5.72. The highest BCUT2D eigenvalue weighted by molar-refractivity contribution is 6.35. The minimum atomic E-state index is -1.22. The fraction of sp³-hybridized carbons (Fsp3) is 0.348. The van der Waals surface area contributed by atoms with Crippen molar-refractivity contribution < 1.29 is 14.4 Å². The number of ketones is 3. The van der Waals surface area contributed by atoms with Gasteiger partial charge < -0.3 is 0 Å². The minimum absolute atomic E-state index is 0.335. The largest absolute Gasteiger partial charge is 0.298 e. The maximum Gasteiger partial charge on any atom is 0.160 e. The van der Waals surface area contributed by atoms with Gasteiger partial charge in [-0.25, -0.2) is 0 Å². The number of carbonyl (C=O) groups is 3. The molecule has 0 saturated heterocycles. The molecule has 146 valence electrons. The molecule has 0 aromatic heterocycles. The van der Waals surface area contributed by atoms with Crippen molar-refractivity contribution in [3.8, 4) is 11.1 Å². The molecule has 1 aliphatic carbocycles. The third kappa shape index (κ3) is 3.11. The average Bonchev–Trinajstić information content (AvgIpc) is 2.63. The van der Waals surface area contributed by atoms with Gasteiger partial charge in [0.2, 0.25) is 0 Å². The van der Waals surface area contributed by atoms with Crippen LogP contribution < -0.4 is 0 Å². The van der Waals surface area contributed by atoms with Crippen LogP contribution in [-0.4, -0.2) is 17.3 Å². The summed E-state index contributed by atoms with van der Waals surface area (Å²) in [5.41, 5.74) is 0.463. The zero-order chi connectivity index (χ0) is 21.0. The molecule has 0 radical (unpaired) electrons. The van der Waals surface area contributed by atoms with E-state index in [1.807, 2.05) is 25.1 Å². The van der Waals surface area contributed by atoms with Crippen molar-refractivity contribution in [3.05, 3.63) is 57.6 Å². The van der Waals surface area contributed by atoms with Crippen molar-refractivity contribution in [2.45, 2.75) is 40.5 Å². The van der Waals surface area contributed by atoms with Crippen LogP contribution in [0.1, 0.15) is 44.7 Å². The van der Waals surface area contributed by atoms with Crippen LogP contribution in [0.2, 0.25) is 10.0 Å². The van der Waals surface area contributed by atoms with Crippen LogP contribution in [0.4, 0.5) is 0 Å². The second kappa shape index (κ2) is 6.82. The third-order valence-corrected chi connectivity index (χ3v) is 6.29. The lowest BCUT2D eigenvalue weighted by Crippen LogP contribution is -2.56. The molecule has 28 heavy (non-hydrogen) atoms. The van der Waals surface area contributed by atoms with Crippen molar-refractivity contribution in [1.29, 1.82) is 0 Å². The molecule has 2 aromatic carbocycles. The maximum absolute atomic E-state index is 13.2. The number of halogens is 2. The standard InChI is InChI=1S/C23H22Cl2O3/c1-12-6-7-13(16-11-14(24)8-9-17(16)25)10-15(12)18-19(26)22(2,3)21(28)23(4,5)20(18)27/h6-11,18H,1-5H3. The quantitative estimate of drug-likeness (QED) is 0.578. The molecular formula is C23H22Cl2O3. The Labute approximate surface area is 175 Å². The lowest BCUT2D eigenvalue weighted by Gasteiger charge is -2.41. The summed E-state index contributed by atoms with van der Waals surface area (Å²) in [6.45, 7) is 8.27. The molecule has 0 heterocycles. The van der Waals surface area contributed by atoms with Crippen LogP contribution in [0.25, 0.3) is 11.1 Å². The molecule has 1 fully saturated rings. The van der Waals surface area contributed by atoms with Gasteiger partial charge in [0.1, 0.15) is 5.92 Å². The van der Waals surface area contributed by atoms with E-state index in [9.17, 15) is 14.4 Å². The molecule has 0 N–H and O–H groups in total. The molecule has 0 spiro atoms. The molecule has 3 nitrogen and oxygen atoms in total. The number of rotatable bonds is 2. The lowest BCUT2D eigenvalue weighted by molar-refractivity contribution is -0.157. The van der Waals surface area contributed by atoms with E-state index in [0.717, 1.165) is 16.7 Å². The summed E-state index contributed by atoms with van der Waals surface area (Å²) >= 11 is 12.5. The molecule has 0 atom stereocenters. The Morgan fingerprint density at radius 1 is 0.821 bits per heavy atom. The Balaban J connectivity index is 2.20. The van der Waals surface area contributed by atoms with E-state index in [4.69, 9.17) is 23.2 Å². The molecule has 0 aliphatic heterocycles. The fourth-order valence-corrected chi connectivity index (χ4v) is 4.36. The van der Waals surface area contributed by atoms with Crippen LogP contribution in [-0.2, 0) is 14.4 Å². The molecule has 5 heteroatoms. The smallest absolute Gasteiger partial charge is 0.160 e. The predicted molar refractivity (Wildman–Crippen MR) is 112 cm³/mol. The number of benzene rings is 2. The first kappa shape index (κ1) is 20.8. The number of hydrogen-bond acceptors (Lipinski definition) is 3. The van der Waals surface area contributed by atoms with Gasteiger partial charge in [0.05, 0.1) is 10.8 Å². The molecule has 3 rings (SSSR count). The SMILES string of the molecule is Cc1ccc(-c2cc(Cl)ccc2Cl)cc1C1C(=O)C(C)(C)C(=O)C(C)(C)C1=O. The summed E-state index contributed by atoms with van der Waals surface area (Å²) in [5, 5.41) is 1.07. The zero-order valence-corrected chi connectivity index (χ0v) is 18.0. The topological polar surface area (TPSA) is 51.2 Å². The van der Waals surface area contributed by atoms with Crippen LogP contribution in [0.15, 0.2) is 36.4 Å². The molecule has 0 unspecified atom stereocenters. The second-order valence-electron chi connectivity index (χ2n) is 8.44. The number of carbonyl (C=O) groups excluding carboxylic acids is 3. The van der Waals surface area contributed by atoms with Crippen molar-refractivity contribution >= 4 is 40.6 Å². The van der Waals surface area contributed by atoms with E-state index in [1.165, 1.54) is 0 Å². The first-order chi connectivity index (χ1) is 12.9. The number of Topliss-reactive ketones (excluding diaryl/α,β-unsaturated/α-hetero) is 3. The molecule has 1 saturated carbocycles. The van der Waals surface area contributed by atoms with Gasteiger partial charge in [-0.3, -0.25) is 14.4 Å². The van der Waals surface area contributed by atoms with Crippen molar-refractivity contribution in [3.63, 3.8) is 0 Å². The van der Waals surface area contributed by atoms with Gasteiger partial charge in [0.15, 0.2) is 17.3 Å². The fourth-order valence-electron chi connectivity index (χ4n) is 3.97. The van der Waals surface area contributed by atoms with Gasteiger partial charge in [-0.05, 0) is 75.6 Å². The Morgan fingerprint density at radius 3 is 1.96 bits per heavy atom. The van der Waals surface area contributed by atoms with Gasteiger partial charge >= 0.3 is 0 Å². The summed E-state index contributed by atoms with van der Waals surface area (Å²) in [5.74, 6) is -2.04. The first-order valence-corrected chi connectivity index (χ1v) is 9.84. The second-order valence-corrected chi connectivity index (χ2v) is 9.28. The van der Waals surface area contributed by atoms with E-state index in [1.54, 1.807) is 45.9 Å². The van der Waals surface area contributed by atoms with Crippen molar-refractivity contribution in [2.24, 2.45) is 10.8 Å². The van der Waals surface area contributed by atoms with E-state index in [-0.39, 0.29) is 17.3 Å². The van der Waals surface area contributed by atoms with E-state index >= 15 is 0 Å². The summed E-state index contributed by atoms with van der Waals surface area (Å²) in [6, 6.07) is 10.7. The Bertz CT molecular complexity index is 989. The van der Waals surface area contributed by atoms with Gasteiger partial charge in [0, 0.05) is 15.6 Å². The molecule has 2 aromatic rings. The summed E-state index contributed by atoms with van der Waals surface area (Å²) in [7, 11) is 0. The number of hydrogen-bond donors (Lipinski definition) is 0. The Kier molecular flexibility index (Phi) is 5.06. The first-order valence-electron chi connectivity index (χ1n) is 9.08. The van der Waals surface area contributed by atoms with E-state index in [0.29, 0.717) is 15.6 Å². The Hall–Kier alpha value is -1.97. The predicted octanol–water partition coefficient (Wildman–Crippen LogP) is 5.83. The summed E-state index contributed by atoms with van der Waals surface area (Å²) < 4.78 is 0. The van der Waals surface area contributed by atoms with Gasteiger partial charge in [0.25, 0.3) is 0 Å². The monoisotopic (exact) mass is 416 g/mol. The summed E-state index contributed by atoms with van der Waals surface area (Å²) in [6.07, 6.45) is 0. The molecule has 1 aliphatic rings. The van der Waals surface area contributed by atoms with Gasteiger partial charge in [-0.1, -0.05) is 35.3 Å². The highest BCUT2D eigenvalue weighted by Gasteiger charge is 2.58. The van der Waals surface area contributed by atoms with Crippen molar-refractivity contribution in [2.75, 3.05) is 0 Å². The molecule has 0 amide bonds. The highest BCUT2D eigenvalue weighted by Crippen LogP contribution is 2.46. The average molecular weight is 417 g/mol. The molecular weight excluding hydrogens is 395 g/mol. The Morgan fingerprint density at radius 2 is 1.39 bits per heavy atom. The van der Waals surface area contributed by atoms with E-state index < -0.39 is 16.7 Å². The van der Waals surface area contributed by atoms with Crippen LogP contribution in [0, 0.1) is 17.8 Å². The molecule has 0 bridgehead atoms. The van der Waals surface area contributed by atoms with Crippen LogP contribution in [0.3, 0.4) is 0 Å². The lowest BCUT2D eigenvalue weighted by atomic mass is 9.57. The zero-order valence-electron chi connectivity index (χ0n) is 16.5. The van der Waals surface area contributed by atoms with Gasteiger partial charge in [-0.2, -0.15) is 0 Å². The number of aryl methyl sites for hydroxylation is 1.